The number of hydrogen-bond donors (Lipinski definition) is 3. The largest absolute Gasteiger partial charge is 0.330 e. The first kappa shape index (κ1) is 16.0. The van der Waals surface area contributed by atoms with Crippen molar-refractivity contribution in [2.75, 3.05) is 17.2 Å². The van der Waals surface area contributed by atoms with E-state index in [-0.39, 0.29) is 24.8 Å². The second-order valence-corrected chi connectivity index (χ2v) is 5.01. The molecule has 0 saturated heterocycles. The molecule has 22 heavy (non-hydrogen) atoms. The van der Waals surface area contributed by atoms with E-state index in [2.05, 4.69) is 10.6 Å². The number of carbonyl (C=O) groups is 2. The highest BCUT2D eigenvalue weighted by Crippen LogP contribution is 2.26. The van der Waals surface area contributed by atoms with E-state index in [0.29, 0.717) is 22.0 Å². The molecule has 0 saturated carbocycles. The number of amides is 2. The van der Waals surface area contributed by atoms with Crippen LogP contribution >= 0.6 is 11.6 Å². The van der Waals surface area contributed by atoms with Gasteiger partial charge in [0.2, 0.25) is 5.91 Å². The van der Waals surface area contributed by atoms with Crippen LogP contribution < -0.4 is 16.4 Å². The van der Waals surface area contributed by atoms with Crippen LogP contribution in [0.3, 0.4) is 0 Å². The fourth-order valence-electron chi connectivity index (χ4n) is 1.83. The zero-order chi connectivity index (χ0) is 15.9. The van der Waals surface area contributed by atoms with Crippen molar-refractivity contribution in [1.82, 2.24) is 0 Å². The predicted molar refractivity (Wildman–Crippen MR) is 88.1 cm³/mol. The molecule has 5 nitrogen and oxygen atoms in total. The van der Waals surface area contributed by atoms with Crippen molar-refractivity contribution in [3.05, 3.63) is 59.1 Å². The normalized spacial score (nSPS) is 10.1. The molecule has 4 N–H and O–H groups in total. The summed E-state index contributed by atoms with van der Waals surface area (Å²) in [4.78, 5) is 23.5. The van der Waals surface area contributed by atoms with E-state index in [1.54, 1.807) is 42.5 Å². The monoisotopic (exact) mass is 317 g/mol. The summed E-state index contributed by atoms with van der Waals surface area (Å²) in [7, 11) is 0. The number of rotatable bonds is 5. The molecule has 0 heterocycles. The topological polar surface area (TPSA) is 84.2 Å². The highest BCUT2D eigenvalue weighted by molar-refractivity contribution is 6.34. The predicted octanol–water partition coefficient (Wildman–Crippen LogP) is 2.88. The molecule has 0 bridgehead atoms. The Kier molecular flexibility index (Phi) is 5.52. The minimum atomic E-state index is -0.248. The average Bonchev–Trinajstić information content (AvgIpc) is 2.51. The molecule has 6 heteroatoms. The Labute approximate surface area is 133 Å². The van der Waals surface area contributed by atoms with Crippen molar-refractivity contribution in [2.45, 2.75) is 6.42 Å². The molecule has 2 aromatic rings. The maximum absolute atomic E-state index is 12.1. The first-order valence-corrected chi connectivity index (χ1v) is 7.14. The lowest BCUT2D eigenvalue weighted by molar-refractivity contribution is -0.116. The van der Waals surface area contributed by atoms with E-state index in [1.165, 1.54) is 0 Å². The van der Waals surface area contributed by atoms with Gasteiger partial charge in [0.1, 0.15) is 0 Å². The summed E-state index contributed by atoms with van der Waals surface area (Å²) < 4.78 is 0. The van der Waals surface area contributed by atoms with Gasteiger partial charge in [0.25, 0.3) is 5.91 Å². The summed E-state index contributed by atoms with van der Waals surface area (Å²) in [5.74, 6) is -0.429. The summed E-state index contributed by atoms with van der Waals surface area (Å²) >= 11 is 6.13. The minimum absolute atomic E-state index is 0.181. The van der Waals surface area contributed by atoms with Gasteiger partial charge < -0.3 is 16.4 Å². The van der Waals surface area contributed by atoms with Crippen LogP contribution in [0.25, 0.3) is 0 Å². The van der Waals surface area contributed by atoms with Crippen molar-refractivity contribution in [1.29, 1.82) is 0 Å². The summed E-state index contributed by atoms with van der Waals surface area (Å²) in [5, 5.41) is 5.75. The van der Waals surface area contributed by atoms with Crippen LogP contribution in [-0.2, 0) is 4.79 Å². The summed E-state index contributed by atoms with van der Waals surface area (Å²) in [6, 6.07) is 13.7. The first-order chi connectivity index (χ1) is 10.6. The van der Waals surface area contributed by atoms with Crippen LogP contribution in [-0.4, -0.2) is 18.4 Å². The van der Waals surface area contributed by atoms with Gasteiger partial charge in [-0.05, 0) is 30.3 Å². The third-order valence-electron chi connectivity index (χ3n) is 2.91. The Morgan fingerprint density at radius 2 is 1.77 bits per heavy atom. The van der Waals surface area contributed by atoms with Gasteiger partial charge in [-0.25, -0.2) is 0 Å². The van der Waals surface area contributed by atoms with Crippen LogP contribution in [0.15, 0.2) is 48.5 Å². The van der Waals surface area contributed by atoms with Gasteiger partial charge in [-0.2, -0.15) is 0 Å². The van der Waals surface area contributed by atoms with Crippen LogP contribution in [0, 0.1) is 0 Å². The van der Waals surface area contributed by atoms with Gasteiger partial charge in [-0.15, -0.1) is 0 Å². The molecule has 0 aliphatic rings. The fourth-order valence-corrected chi connectivity index (χ4v) is 2.06. The minimum Gasteiger partial charge on any atom is -0.330 e. The number of halogens is 1. The second-order valence-electron chi connectivity index (χ2n) is 4.60. The molecular weight excluding hydrogens is 302 g/mol. The molecular formula is C16H16ClN3O2. The van der Waals surface area contributed by atoms with E-state index >= 15 is 0 Å². The number of hydrogen-bond acceptors (Lipinski definition) is 3. The number of nitrogens with two attached hydrogens (primary N) is 1. The maximum Gasteiger partial charge on any atom is 0.255 e. The molecule has 0 radical (unpaired) electrons. The Hall–Kier alpha value is -2.37. The third kappa shape index (κ3) is 4.31. The van der Waals surface area contributed by atoms with Gasteiger partial charge in [-0.1, -0.05) is 29.8 Å². The molecule has 2 aromatic carbocycles. The third-order valence-corrected chi connectivity index (χ3v) is 3.22. The quantitative estimate of drug-likeness (QED) is 0.792. The molecule has 0 spiro atoms. The van der Waals surface area contributed by atoms with Crippen molar-refractivity contribution < 1.29 is 9.59 Å². The van der Waals surface area contributed by atoms with E-state index in [1.807, 2.05) is 6.07 Å². The summed E-state index contributed by atoms with van der Waals surface area (Å²) in [6.07, 6.45) is 0.240. The lowest BCUT2D eigenvalue weighted by Crippen LogP contribution is -2.16. The van der Waals surface area contributed by atoms with Crippen LogP contribution in [0.5, 0.6) is 0 Å². The Morgan fingerprint density at radius 3 is 2.41 bits per heavy atom. The highest BCUT2D eigenvalue weighted by atomic mass is 35.5. The fraction of sp³-hybridized carbons (Fsp3) is 0.125. The standard InChI is InChI=1S/C16H16ClN3O2/c17-13-10-12(19-15(21)8-9-18)6-7-14(13)20-16(22)11-4-2-1-3-5-11/h1-7,10H,8-9,18H2,(H,19,21)(H,20,22). The number of carbonyl (C=O) groups excluding carboxylic acids is 2. The smallest absolute Gasteiger partial charge is 0.255 e. The van der Waals surface area contributed by atoms with Crippen molar-refractivity contribution >= 4 is 34.8 Å². The Balaban J connectivity index is 2.07. The molecule has 0 unspecified atom stereocenters. The summed E-state index contributed by atoms with van der Waals surface area (Å²) in [6.45, 7) is 0.283. The number of nitrogens with one attached hydrogen (secondary N) is 2. The zero-order valence-corrected chi connectivity index (χ0v) is 12.6. The second kappa shape index (κ2) is 7.59. The number of anilines is 2. The average molecular weight is 318 g/mol. The lowest BCUT2D eigenvalue weighted by Gasteiger charge is -2.10. The van der Waals surface area contributed by atoms with E-state index in [4.69, 9.17) is 17.3 Å². The highest BCUT2D eigenvalue weighted by Gasteiger charge is 2.09. The van der Waals surface area contributed by atoms with Gasteiger partial charge in [0, 0.05) is 24.2 Å². The van der Waals surface area contributed by atoms with Gasteiger partial charge in [0.05, 0.1) is 10.7 Å². The molecule has 114 valence electrons. The molecule has 2 rings (SSSR count). The molecule has 0 atom stereocenters. The SMILES string of the molecule is NCCC(=O)Nc1ccc(NC(=O)c2ccccc2)c(Cl)c1. The van der Waals surface area contributed by atoms with E-state index < -0.39 is 0 Å². The van der Waals surface area contributed by atoms with Crippen molar-refractivity contribution in [3.8, 4) is 0 Å². The van der Waals surface area contributed by atoms with Crippen LogP contribution in [0.1, 0.15) is 16.8 Å². The molecule has 0 fully saturated rings. The first-order valence-electron chi connectivity index (χ1n) is 6.76. The Morgan fingerprint density at radius 1 is 1.05 bits per heavy atom. The molecule has 0 aromatic heterocycles. The Bertz CT molecular complexity index is 674. The molecule has 2 amide bonds. The molecule has 0 aliphatic heterocycles. The van der Waals surface area contributed by atoms with Crippen molar-refractivity contribution in [3.63, 3.8) is 0 Å². The van der Waals surface area contributed by atoms with Gasteiger partial charge in [-0.3, -0.25) is 9.59 Å². The zero-order valence-electron chi connectivity index (χ0n) is 11.8. The van der Waals surface area contributed by atoms with Gasteiger partial charge >= 0.3 is 0 Å². The van der Waals surface area contributed by atoms with Crippen LogP contribution in [0.4, 0.5) is 11.4 Å². The van der Waals surface area contributed by atoms with E-state index in [9.17, 15) is 9.59 Å². The number of benzene rings is 2. The van der Waals surface area contributed by atoms with Gasteiger partial charge in [0.15, 0.2) is 0 Å². The van der Waals surface area contributed by atoms with E-state index in [0.717, 1.165) is 0 Å². The van der Waals surface area contributed by atoms with Crippen molar-refractivity contribution in [2.24, 2.45) is 5.73 Å². The lowest BCUT2D eigenvalue weighted by atomic mass is 10.2. The molecule has 0 aliphatic carbocycles. The van der Waals surface area contributed by atoms with Crippen LogP contribution in [0.2, 0.25) is 5.02 Å². The maximum atomic E-state index is 12.1. The summed E-state index contributed by atoms with van der Waals surface area (Å²) in [5.41, 5.74) is 6.89.